The van der Waals surface area contributed by atoms with Crippen molar-refractivity contribution in [2.45, 2.75) is 11.3 Å². The first-order valence-corrected chi connectivity index (χ1v) is 11.9. The second-order valence-corrected chi connectivity index (χ2v) is 9.24. The van der Waals surface area contributed by atoms with Gasteiger partial charge in [0.25, 0.3) is 5.91 Å². The number of anilines is 1. The number of carbonyl (C=O) groups is 2. The number of carbonyl (C=O) groups excluding carboxylic acids is 2. The van der Waals surface area contributed by atoms with E-state index in [0.29, 0.717) is 37.4 Å². The molecule has 2 amide bonds. The van der Waals surface area contributed by atoms with E-state index >= 15 is 0 Å². The summed E-state index contributed by atoms with van der Waals surface area (Å²) in [6.07, 6.45) is 0. The number of rotatable bonds is 9. The van der Waals surface area contributed by atoms with E-state index in [1.807, 2.05) is 37.3 Å². The number of hydrogen-bond donors (Lipinski definition) is 2. The van der Waals surface area contributed by atoms with Crippen LogP contribution in [0.1, 0.15) is 6.92 Å². The van der Waals surface area contributed by atoms with E-state index in [1.54, 1.807) is 18.2 Å². The summed E-state index contributed by atoms with van der Waals surface area (Å²) in [6, 6.07) is 14.3. The lowest BCUT2D eigenvalue weighted by atomic mass is 10.2. The van der Waals surface area contributed by atoms with Gasteiger partial charge in [-0.15, -0.1) is 0 Å². The number of benzene rings is 2. The van der Waals surface area contributed by atoms with Crippen LogP contribution in [-0.4, -0.2) is 35.7 Å². The zero-order valence-electron chi connectivity index (χ0n) is 16.5. The van der Waals surface area contributed by atoms with Crippen LogP contribution in [0.3, 0.4) is 0 Å². The van der Waals surface area contributed by atoms with Gasteiger partial charge in [0.2, 0.25) is 5.91 Å². The van der Waals surface area contributed by atoms with Gasteiger partial charge in [-0.25, -0.2) is 4.98 Å². The van der Waals surface area contributed by atoms with E-state index in [2.05, 4.69) is 15.6 Å². The van der Waals surface area contributed by atoms with Crippen molar-refractivity contribution in [2.75, 3.05) is 24.2 Å². The summed E-state index contributed by atoms with van der Waals surface area (Å²) in [7, 11) is 0. The van der Waals surface area contributed by atoms with Gasteiger partial charge in [0.05, 0.1) is 10.8 Å². The van der Waals surface area contributed by atoms with Crippen molar-refractivity contribution in [2.24, 2.45) is 0 Å². The van der Waals surface area contributed by atoms with Gasteiger partial charge in [-0.1, -0.05) is 76.6 Å². The van der Waals surface area contributed by atoms with Crippen molar-refractivity contribution in [3.8, 4) is 17.0 Å². The highest BCUT2D eigenvalue weighted by Gasteiger charge is 2.17. The normalized spacial score (nSPS) is 10.5. The van der Waals surface area contributed by atoms with Crippen molar-refractivity contribution in [1.82, 2.24) is 10.3 Å². The lowest BCUT2D eigenvalue weighted by Gasteiger charge is -2.09. The van der Waals surface area contributed by atoms with Gasteiger partial charge in [0.15, 0.2) is 10.9 Å². The maximum atomic E-state index is 12.5. The van der Waals surface area contributed by atoms with E-state index in [9.17, 15) is 9.59 Å². The lowest BCUT2D eigenvalue weighted by Crippen LogP contribution is -2.24. The van der Waals surface area contributed by atoms with Crippen LogP contribution in [0.4, 0.5) is 5.00 Å². The average Bonchev–Trinajstić information content (AvgIpc) is 3.15. The van der Waals surface area contributed by atoms with E-state index in [4.69, 9.17) is 27.9 Å². The van der Waals surface area contributed by atoms with Crippen LogP contribution in [0.15, 0.2) is 52.9 Å². The van der Waals surface area contributed by atoms with Crippen LogP contribution < -0.4 is 15.4 Å². The Hall–Kier alpha value is -2.26. The number of aromatic nitrogens is 1. The molecule has 0 unspecified atom stereocenters. The Balaban J connectivity index is 1.71. The second-order valence-electron chi connectivity index (χ2n) is 6.18. The van der Waals surface area contributed by atoms with Gasteiger partial charge in [-0.3, -0.25) is 9.59 Å². The van der Waals surface area contributed by atoms with Crippen LogP contribution in [0.5, 0.6) is 5.75 Å². The molecule has 0 atom stereocenters. The standard InChI is InChI=1S/C21H19Cl2N3O3S2/c1-2-24-18(28)12-30-21-26-19(13-6-4-3-5-7-13)20(31-21)25-17(27)11-29-16-9-8-14(22)10-15(16)23/h3-10H,2,11-12H2,1H3,(H,24,28)(H,25,27). The van der Waals surface area contributed by atoms with Crippen molar-refractivity contribution < 1.29 is 14.3 Å². The maximum absolute atomic E-state index is 12.5. The lowest BCUT2D eigenvalue weighted by molar-refractivity contribution is -0.119. The maximum Gasteiger partial charge on any atom is 0.262 e. The van der Waals surface area contributed by atoms with Crippen molar-refractivity contribution in [3.63, 3.8) is 0 Å². The molecule has 0 fully saturated rings. The number of nitrogens with one attached hydrogen (secondary N) is 2. The quantitative estimate of drug-likeness (QED) is 0.390. The predicted octanol–water partition coefficient (Wildman–Crippen LogP) is 5.36. The molecule has 0 bridgehead atoms. The SMILES string of the molecule is CCNC(=O)CSc1nc(-c2ccccc2)c(NC(=O)COc2ccc(Cl)cc2Cl)s1. The fourth-order valence-corrected chi connectivity index (χ4v) is 4.89. The van der Waals surface area contributed by atoms with Gasteiger partial charge in [-0.05, 0) is 25.1 Å². The van der Waals surface area contributed by atoms with Gasteiger partial charge in [-0.2, -0.15) is 0 Å². The Morgan fingerprint density at radius 3 is 2.61 bits per heavy atom. The third kappa shape index (κ3) is 6.87. The zero-order valence-corrected chi connectivity index (χ0v) is 19.6. The third-order valence-corrected chi connectivity index (χ3v) is 6.51. The summed E-state index contributed by atoms with van der Waals surface area (Å²) in [5, 5.41) is 7.00. The predicted molar refractivity (Wildman–Crippen MR) is 128 cm³/mol. The molecule has 0 aliphatic rings. The van der Waals surface area contributed by atoms with Crippen LogP contribution in [0.25, 0.3) is 11.3 Å². The minimum absolute atomic E-state index is 0.0669. The molecule has 10 heteroatoms. The molecule has 2 N–H and O–H groups in total. The molecule has 0 spiro atoms. The first-order chi connectivity index (χ1) is 15.0. The number of thioether (sulfide) groups is 1. The highest BCUT2D eigenvalue weighted by Crippen LogP contribution is 2.37. The van der Waals surface area contributed by atoms with Crippen LogP contribution in [0.2, 0.25) is 10.0 Å². The minimum atomic E-state index is -0.355. The molecule has 0 aliphatic carbocycles. The van der Waals surface area contributed by atoms with E-state index in [0.717, 1.165) is 5.56 Å². The van der Waals surface area contributed by atoms with E-state index in [1.165, 1.54) is 23.1 Å². The molecule has 1 heterocycles. The molecule has 3 aromatic rings. The van der Waals surface area contributed by atoms with E-state index in [-0.39, 0.29) is 24.2 Å². The molecule has 6 nitrogen and oxygen atoms in total. The Morgan fingerprint density at radius 2 is 1.90 bits per heavy atom. The van der Waals surface area contributed by atoms with Gasteiger partial charge >= 0.3 is 0 Å². The summed E-state index contributed by atoms with van der Waals surface area (Å²) in [5.74, 6) is 0.197. The van der Waals surface area contributed by atoms with Gasteiger partial charge in [0, 0.05) is 17.1 Å². The molecule has 0 radical (unpaired) electrons. The topological polar surface area (TPSA) is 80.3 Å². The zero-order chi connectivity index (χ0) is 22.2. The molecule has 2 aromatic carbocycles. The first-order valence-electron chi connectivity index (χ1n) is 9.29. The number of ether oxygens (including phenoxy) is 1. The Kier molecular flexibility index (Phi) is 8.60. The first kappa shape index (κ1) is 23.4. The smallest absolute Gasteiger partial charge is 0.262 e. The number of hydrogen-bond acceptors (Lipinski definition) is 6. The van der Waals surface area contributed by atoms with Crippen molar-refractivity contribution in [1.29, 1.82) is 0 Å². The monoisotopic (exact) mass is 495 g/mol. The Labute approximate surface area is 198 Å². The molecule has 162 valence electrons. The van der Waals surface area contributed by atoms with E-state index < -0.39 is 0 Å². The largest absolute Gasteiger partial charge is 0.482 e. The average molecular weight is 496 g/mol. The summed E-state index contributed by atoms with van der Waals surface area (Å²) < 4.78 is 6.19. The minimum Gasteiger partial charge on any atom is -0.482 e. The van der Waals surface area contributed by atoms with Crippen molar-refractivity contribution >= 4 is 63.1 Å². The summed E-state index contributed by atoms with van der Waals surface area (Å²) in [5.41, 5.74) is 1.50. The molecule has 0 saturated carbocycles. The molecule has 3 rings (SSSR count). The highest BCUT2D eigenvalue weighted by atomic mass is 35.5. The molecule has 31 heavy (non-hydrogen) atoms. The summed E-state index contributed by atoms with van der Waals surface area (Å²) in [6.45, 7) is 2.22. The van der Waals surface area contributed by atoms with Crippen LogP contribution in [0, 0.1) is 0 Å². The Morgan fingerprint density at radius 1 is 1.13 bits per heavy atom. The number of halogens is 2. The summed E-state index contributed by atoms with van der Waals surface area (Å²) in [4.78, 5) is 28.9. The number of amides is 2. The molecule has 0 aliphatic heterocycles. The van der Waals surface area contributed by atoms with Gasteiger partial charge < -0.3 is 15.4 Å². The summed E-state index contributed by atoms with van der Waals surface area (Å²) >= 11 is 14.6. The fraction of sp³-hybridized carbons (Fsp3) is 0.190. The molecular weight excluding hydrogens is 477 g/mol. The fourth-order valence-electron chi connectivity index (χ4n) is 2.51. The Bertz CT molecular complexity index is 1060. The van der Waals surface area contributed by atoms with Crippen molar-refractivity contribution in [3.05, 3.63) is 58.6 Å². The van der Waals surface area contributed by atoms with Crippen LogP contribution in [-0.2, 0) is 9.59 Å². The van der Waals surface area contributed by atoms with Gasteiger partial charge in [0.1, 0.15) is 16.4 Å². The number of nitrogens with zero attached hydrogens (tertiary/aromatic N) is 1. The van der Waals surface area contributed by atoms with Crippen LogP contribution >= 0.6 is 46.3 Å². The second kappa shape index (κ2) is 11.4. The molecule has 1 aromatic heterocycles. The third-order valence-electron chi connectivity index (χ3n) is 3.86. The molecule has 0 saturated heterocycles. The molecular formula is C21H19Cl2N3O3S2. The highest BCUT2D eigenvalue weighted by molar-refractivity contribution is 8.01. The number of thiazole rings is 1.